The summed E-state index contributed by atoms with van der Waals surface area (Å²) in [4.78, 5) is 24.1. The number of halogens is 1. The smallest absolute Gasteiger partial charge is 0.268 e. The van der Waals surface area contributed by atoms with E-state index in [2.05, 4.69) is 5.32 Å². The Kier molecular flexibility index (Phi) is 5.89. The molecule has 4 nitrogen and oxygen atoms in total. The zero-order valence-electron chi connectivity index (χ0n) is 13.7. The van der Waals surface area contributed by atoms with Crippen molar-refractivity contribution < 1.29 is 4.79 Å². The third-order valence-corrected chi connectivity index (χ3v) is 5.34. The van der Waals surface area contributed by atoms with E-state index in [1.54, 1.807) is 3.96 Å². The Morgan fingerprint density at radius 2 is 1.88 bits per heavy atom. The Bertz CT molecular complexity index is 915. The van der Waals surface area contributed by atoms with Gasteiger partial charge in [-0.2, -0.15) is 0 Å². The molecule has 0 aliphatic carbocycles. The van der Waals surface area contributed by atoms with E-state index < -0.39 is 0 Å². The topological polar surface area (TPSA) is 51.1 Å². The molecule has 0 atom stereocenters. The molecule has 3 rings (SSSR count). The van der Waals surface area contributed by atoms with Gasteiger partial charge in [-0.25, -0.2) is 0 Å². The number of aryl methyl sites for hydroxylation is 1. The van der Waals surface area contributed by atoms with Crippen molar-refractivity contribution in [3.8, 4) is 0 Å². The first-order valence-corrected chi connectivity index (χ1v) is 9.38. The van der Waals surface area contributed by atoms with Gasteiger partial charge < -0.3 is 5.32 Å². The number of hydrogen-bond donors (Lipinski definition) is 1. The first kappa shape index (κ1) is 17.7. The second kappa shape index (κ2) is 8.32. The third kappa shape index (κ3) is 4.71. The van der Waals surface area contributed by atoms with E-state index in [1.165, 1.54) is 11.5 Å². The number of carbonyl (C=O) groups is 1. The van der Waals surface area contributed by atoms with E-state index in [1.807, 2.05) is 48.5 Å². The number of aromatic nitrogens is 1. The first-order chi connectivity index (χ1) is 12.1. The molecule has 1 N–H and O–H groups in total. The number of amides is 1. The Morgan fingerprint density at radius 1 is 1.12 bits per heavy atom. The molecule has 2 aromatic carbocycles. The Morgan fingerprint density at radius 3 is 2.64 bits per heavy atom. The van der Waals surface area contributed by atoms with Crippen molar-refractivity contribution in [1.29, 1.82) is 0 Å². The van der Waals surface area contributed by atoms with Crippen LogP contribution in [0.15, 0.2) is 53.3 Å². The molecule has 0 radical (unpaired) electrons. The van der Waals surface area contributed by atoms with E-state index in [0.29, 0.717) is 31.0 Å². The van der Waals surface area contributed by atoms with Gasteiger partial charge in [0.05, 0.1) is 10.1 Å². The van der Waals surface area contributed by atoms with Crippen LogP contribution in [0.5, 0.6) is 0 Å². The average molecular weight is 375 g/mol. The predicted molar refractivity (Wildman–Crippen MR) is 103 cm³/mol. The Hall–Kier alpha value is -2.11. The Balaban J connectivity index is 1.42. The fourth-order valence-corrected chi connectivity index (χ4v) is 3.79. The molecule has 0 saturated heterocycles. The molecule has 130 valence electrons. The molecule has 25 heavy (non-hydrogen) atoms. The van der Waals surface area contributed by atoms with Gasteiger partial charge in [0, 0.05) is 24.5 Å². The Labute approximate surface area is 155 Å². The molecular formula is C19H19ClN2O2S. The third-order valence-electron chi connectivity index (χ3n) is 3.97. The largest absolute Gasteiger partial charge is 0.356 e. The van der Waals surface area contributed by atoms with Crippen LogP contribution in [0.25, 0.3) is 10.1 Å². The van der Waals surface area contributed by atoms with E-state index in [0.717, 1.165) is 22.1 Å². The van der Waals surface area contributed by atoms with Gasteiger partial charge in [-0.3, -0.25) is 13.5 Å². The summed E-state index contributed by atoms with van der Waals surface area (Å²) in [6.07, 6.45) is 1.85. The van der Waals surface area contributed by atoms with Crippen molar-refractivity contribution in [2.75, 3.05) is 6.54 Å². The number of carbonyl (C=O) groups excluding carboxylic acids is 1. The molecule has 1 heterocycles. The summed E-state index contributed by atoms with van der Waals surface area (Å²) in [6.45, 7) is 1.17. The van der Waals surface area contributed by atoms with Gasteiger partial charge in [0.2, 0.25) is 5.91 Å². The highest BCUT2D eigenvalue weighted by atomic mass is 35.5. The standard InChI is InChI=1S/C19H19ClN2O2S/c20-15-9-7-14(8-10-15)11-12-21-18(23)6-3-13-22-19(24)16-4-1-2-5-17(16)25-22/h1-2,4-5,7-10H,3,6,11-13H2,(H,21,23). The lowest BCUT2D eigenvalue weighted by Crippen LogP contribution is -2.26. The zero-order chi connectivity index (χ0) is 17.6. The van der Waals surface area contributed by atoms with E-state index in [4.69, 9.17) is 11.6 Å². The molecule has 0 aliphatic rings. The second-order valence-electron chi connectivity index (χ2n) is 5.82. The summed E-state index contributed by atoms with van der Waals surface area (Å²) in [5.74, 6) is 0.0168. The molecule has 0 saturated carbocycles. The van der Waals surface area contributed by atoms with Gasteiger partial charge in [0.25, 0.3) is 5.56 Å². The lowest BCUT2D eigenvalue weighted by atomic mass is 10.1. The minimum absolute atomic E-state index is 0.0168. The molecule has 1 amide bonds. The van der Waals surface area contributed by atoms with E-state index in [-0.39, 0.29) is 11.5 Å². The average Bonchev–Trinajstić information content (AvgIpc) is 2.93. The highest BCUT2D eigenvalue weighted by molar-refractivity contribution is 7.13. The van der Waals surface area contributed by atoms with Gasteiger partial charge in [0.15, 0.2) is 0 Å². The van der Waals surface area contributed by atoms with E-state index >= 15 is 0 Å². The molecule has 3 aromatic rings. The van der Waals surface area contributed by atoms with Crippen LogP contribution in [0.4, 0.5) is 0 Å². The predicted octanol–water partition coefficient (Wildman–Crippen LogP) is 3.86. The van der Waals surface area contributed by atoms with Crippen LogP contribution in [0.1, 0.15) is 18.4 Å². The fraction of sp³-hybridized carbons (Fsp3) is 0.263. The first-order valence-electron chi connectivity index (χ1n) is 8.23. The highest BCUT2D eigenvalue weighted by Gasteiger charge is 2.07. The van der Waals surface area contributed by atoms with Crippen molar-refractivity contribution in [3.05, 3.63) is 69.5 Å². The lowest BCUT2D eigenvalue weighted by molar-refractivity contribution is -0.121. The van der Waals surface area contributed by atoms with Crippen LogP contribution in [-0.4, -0.2) is 16.4 Å². The molecule has 6 heteroatoms. The van der Waals surface area contributed by atoms with Gasteiger partial charge in [-0.1, -0.05) is 47.4 Å². The van der Waals surface area contributed by atoms with Crippen LogP contribution >= 0.6 is 23.1 Å². The zero-order valence-corrected chi connectivity index (χ0v) is 15.3. The van der Waals surface area contributed by atoms with Crippen LogP contribution < -0.4 is 10.9 Å². The minimum atomic E-state index is 0.0168. The van der Waals surface area contributed by atoms with Crippen molar-refractivity contribution >= 4 is 39.1 Å². The number of nitrogens with zero attached hydrogens (tertiary/aromatic N) is 1. The molecule has 1 aromatic heterocycles. The number of nitrogens with one attached hydrogen (secondary N) is 1. The number of hydrogen-bond acceptors (Lipinski definition) is 3. The van der Waals surface area contributed by atoms with Crippen molar-refractivity contribution in [3.63, 3.8) is 0 Å². The normalized spacial score (nSPS) is 10.9. The lowest BCUT2D eigenvalue weighted by Gasteiger charge is -2.06. The van der Waals surface area contributed by atoms with Crippen molar-refractivity contribution in [1.82, 2.24) is 9.27 Å². The molecule has 0 fully saturated rings. The SMILES string of the molecule is O=C(CCCn1sc2ccccc2c1=O)NCCc1ccc(Cl)cc1. The van der Waals surface area contributed by atoms with Crippen molar-refractivity contribution in [2.45, 2.75) is 25.8 Å². The number of benzene rings is 2. The van der Waals surface area contributed by atoms with Gasteiger partial charge in [-0.05, 0) is 42.7 Å². The second-order valence-corrected chi connectivity index (χ2v) is 7.32. The summed E-state index contributed by atoms with van der Waals surface area (Å²) < 4.78 is 2.71. The maximum absolute atomic E-state index is 12.2. The molecule has 0 unspecified atom stereocenters. The molecule has 0 bridgehead atoms. The van der Waals surface area contributed by atoms with Gasteiger partial charge >= 0.3 is 0 Å². The monoisotopic (exact) mass is 374 g/mol. The van der Waals surface area contributed by atoms with Gasteiger partial charge in [-0.15, -0.1) is 0 Å². The molecular weight excluding hydrogens is 356 g/mol. The maximum atomic E-state index is 12.2. The van der Waals surface area contributed by atoms with Gasteiger partial charge in [0.1, 0.15) is 0 Å². The van der Waals surface area contributed by atoms with Crippen LogP contribution in [-0.2, 0) is 17.8 Å². The molecule has 0 aliphatic heterocycles. The number of fused-ring (bicyclic) bond motifs is 1. The summed E-state index contributed by atoms with van der Waals surface area (Å²) in [5.41, 5.74) is 1.17. The summed E-state index contributed by atoms with van der Waals surface area (Å²) in [6, 6.07) is 15.2. The number of rotatable bonds is 7. The minimum Gasteiger partial charge on any atom is -0.356 e. The van der Waals surface area contributed by atoms with Crippen LogP contribution in [0.3, 0.4) is 0 Å². The quantitative estimate of drug-likeness (QED) is 0.682. The van der Waals surface area contributed by atoms with Crippen LogP contribution in [0, 0.1) is 0 Å². The van der Waals surface area contributed by atoms with E-state index in [9.17, 15) is 9.59 Å². The van der Waals surface area contributed by atoms with Crippen LogP contribution in [0.2, 0.25) is 5.02 Å². The summed E-state index contributed by atoms with van der Waals surface area (Å²) in [7, 11) is 0. The highest BCUT2D eigenvalue weighted by Crippen LogP contribution is 2.16. The summed E-state index contributed by atoms with van der Waals surface area (Å²) in [5, 5.41) is 4.38. The van der Waals surface area contributed by atoms with Crippen molar-refractivity contribution in [2.24, 2.45) is 0 Å². The molecule has 0 spiro atoms. The summed E-state index contributed by atoms with van der Waals surface area (Å²) >= 11 is 7.30. The fourth-order valence-electron chi connectivity index (χ4n) is 2.63. The maximum Gasteiger partial charge on any atom is 0.268 e.